The molecule has 6 heteroatoms. The zero-order valence-corrected chi connectivity index (χ0v) is 12.4. The number of H-pyrrole nitrogens is 1. The summed E-state index contributed by atoms with van der Waals surface area (Å²) in [5.74, 6) is -0.677. The van der Waals surface area contributed by atoms with E-state index in [9.17, 15) is 14.7 Å². The fraction of sp³-hybridized carbons (Fsp3) is 0.333. The van der Waals surface area contributed by atoms with Crippen molar-refractivity contribution in [3.63, 3.8) is 0 Å². The van der Waals surface area contributed by atoms with E-state index in [2.05, 4.69) is 22.9 Å². The van der Waals surface area contributed by atoms with Crippen molar-refractivity contribution < 1.29 is 14.7 Å². The Bertz CT molecular complexity index is 639. The lowest BCUT2D eigenvalue weighted by Gasteiger charge is -2.14. The molecule has 5 nitrogen and oxygen atoms in total. The number of benzene rings is 1. The second kappa shape index (κ2) is 7.17. The molecule has 21 heavy (non-hydrogen) atoms. The van der Waals surface area contributed by atoms with Crippen LogP contribution in [0.3, 0.4) is 0 Å². The van der Waals surface area contributed by atoms with E-state index in [-0.39, 0.29) is 12.3 Å². The first-order valence-electron chi connectivity index (χ1n) is 6.80. The highest BCUT2D eigenvalue weighted by atomic mass is 32.1. The summed E-state index contributed by atoms with van der Waals surface area (Å²) >= 11 is 4.04. The van der Waals surface area contributed by atoms with Gasteiger partial charge < -0.3 is 15.4 Å². The van der Waals surface area contributed by atoms with Crippen molar-refractivity contribution in [1.82, 2.24) is 10.3 Å². The van der Waals surface area contributed by atoms with Crippen LogP contribution in [0.4, 0.5) is 0 Å². The molecule has 0 saturated carbocycles. The topological polar surface area (TPSA) is 82.2 Å². The van der Waals surface area contributed by atoms with Gasteiger partial charge in [-0.2, -0.15) is 12.6 Å². The number of carbonyl (C=O) groups excluding carboxylic acids is 1. The Hall–Kier alpha value is -1.95. The Morgan fingerprint density at radius 1 is 1.33 bits per heavy atom. The van der Waals surface area contributed by atoms with Gasteiger partial charge in [-0.15, -0.1) is 0 Å². The lowest BCUT2D eigenvalue weighted by Crippen LogP contribution is -2.42. The molecule has 0 spiro atoms. The summed E-state index contributed by atoms with van der Waals surface area (Å²) in [5.41, 5.74) is 1.84. The largest absolute Gasteiger partial charge is 0.480 e. The number of thiol groups is 1. The molecule has 112 valence electrons. The highest BCUT2D eigenvalue weighted by molar-refractivity contribution is 7.80. The van der Waals surface area contributed by atoms with Crippen LogP contribution in [0.25, 0.3) is 10.9 Å². The summed E-state index contributed by atoms with van der Waals surface area (Å²) in [6, 6.07) is 6.76. The highest BCUT2D eigenvalue weighted by Gasteiger charge is 2.21. The molecule has 2 aromatic rings. The molecule has 2 rings (SSSR count). The molecule has 1 aromatic carbocycles. The molecule has 3 N–H and O–H groups in total. The van der Waals surface area contributed by atoms with E-state index in [1.54, 1.807) is 6.20 Å². The predicted molar refractivity (Wildman–Crippen MR) is 84.7 cm³/mol. The van der Waals surface area contributed by atoms with Crippen molar-refractivity contribution in [3.05, 3.63) is 36.0 Å². The minimum absolute atomic E-state index is 0.253. The number of amides is 1. The van der Waals surface area contributed by atoms with E-state index in [0.29, 0.717) is 18.6 Å². The molecule has 0 aliphatic carbocycles. The number of para-hydroxylation sites is 1. The highest BCUT2D eigenvalue weighted by Crippen LogP contribution is 2.19. The smallest absolute Gasteiger partial charge is 0.326 e. The Morgan fingerprint density at radius 3 is 2.81 bits per heavy atom. The van der Waals surface area contributed by atoms with Gasteiger partial charge in [0, 0.05) is 29.9 Å². The average Bonchev–Trinajstić information content (AvgIpc) is 2.87. The Morgan fingerprint density at radius 2 is 2.10 bits per heavy atom. The zero-order valence-electron chi connectivity index (χ0n) is 11.5. The molecular weight excluding hydrogens is 288 g/mol. The van der Waals surface area contributed by atoms with Crippen molar-refractivity contribution >= 4 is 35.4 Å². The number of hydrogen-bond acceptors (Lipinski definition) is 3. The van der Waals surface area contributed by atoms with E-state index in [4.69, 9.17) is 0 Å². The van der Waals surface area contributed by atoms with Crippen molar-refractivity contribution in [2.24, 2.45) is 0 Å². The molecule has 0 unspecified atom stereocenters. The number of fused-ring (bicyclic) bond motifs is 1. The Labute approximate surface area is 128 Å². The van der Waals surface area contributed by atoms with Crippen molar-refractivity contribution in [2.75, 3.05) is 5.75 Å². The van der Waals surface area contributed by atoms with Gasteiger partial charge in [-0.25, -0.2) is 4.79 Å². The van der Waals surface area contributed by atoms with Gasteiger partial charge in [-0.05, 0) is 23.8 Å². The van der Waals surface area contributed by atoms with Crippen LogP contribution in [0.5, 0.6) is 0 Å². The lowest BCUT2D eigenvalue weighted by molar-refractivity contribution is -0.141. The van der Waals surface area contributed by atoms with Gasteiger partial charge in [0.15, 0.2) is 0 Å². The fourth-order valence-electron chi connectivity index (χ4n) is 2.23. The molecule has 1 atom stereocenters. The first-order valence-corrected chi connectivity index (χ1v) is 7.43. The van der Waals surface area contributed by atoms with Gasteiger partial charge in [0.05, 0.1) is 0 Å². The Balaban J connectivity index is 2.09. The number of aromatic nitrogens is 1. The standard InChI is InChI=1S/C15H18N2O3S/c18-14(6-3-7-21)17-13(15(19)20)8-10-9-16-12-5-2-1-4-11(10)12/h1-2,4-5,9,13,16,21H,3,6-8H2,(H,17,18)(H,19,20)/t13-/m0/s1. The van der Waals surface area contributed by atoms with Crippen LogP contribution in [-0.2, 0) is 16.0 Å². The minimum Gasteiger partial charge on any atom is -0.480 e. The minimum atomic E-state index is -1.03. The Kier molecular flexibility index (Phi) is 5.27. The molecule has 1 heterocycles. The molecule has 1 aromatic heterocycles. The fourth-order valence-corrected chi connectivity index (χ4v) is 2.38. The number of aromatic amines is 1. The summed E-state index contributed by atoms with van der Waals surface area (Å²) in [6.45, 7) is 0. The molecule has 1 amide bonds. The maximum Gasteiger partial charge on any atom is 0.326 e. The molecule has 0 radical (unpaired) electrons. The molecule has 0 aliphatic heterocycles. The second-order valence-corrected chi connectivity index (χ2v) is 5.30. The summed E-state index contributed by atoms with van der Waals surface area (Å²) in [6.07, 6.45) is 2.97. The molecule has 0 aliphatic rings. The quantitative estimate of drug-likeness (QED) is 0.590. The first kappa shape index (κ1) is 15.4. The SMILES string of the molecule is O=C(CCCS)N[C@@H](Cc1c[nH]c2ccccc12)C(=O)O. The average molecular weight is 306 g/mol. The van der Waals surface area contributed by atoms with Crippen LogP contribution in [0.2, 0.25) is 0 Å². The maximum absolute atomic E-state index is 11.7. The van der Waals surface area contributed by atoms with E-state index >= 15 is 0 Å². The van der Waals surface area contributed by atoms with E-state index < -0.39 is 12.0 Å². The number of rotatable bonds is 7. The summed E-state index contributed by atoms with van der Waals surface area (Å²) in [4.78, 5) is 26.1. The number of carboxylic acid groups (broad SMARTS) is 1. The van der Waals surface area contributed by atoms with Crippen LogP contribution in [0, 0.1) is 0 Å². The van der Waals surface area contributed by atoms with Gasteiger partial charge in [0.2, 0.25) is 5.91 Å². The summed E-state index contributed by atoms with van der Waals surface area (Å²) in [7, 11) is 0. The number of aliphatic carboxylic acids is 1. The van der Waals surface area contributed by atoms with Crippen LogP contribution in [0.1, 0.15) is 18.4 Å². The normalized spacial score (nSPS) is 12.2. The van der Waals surface area contributed by atoms with Crippen LogP contribution < -0.4 is 5.32 Å². The first-order chi connectivity index (χ1) is 10.1. The van der Waals surface area contributed by atoms with Crippen LogP contribution >= 0.6 is 12.6 Å². The van der Waals surface area contributed by atoms with E-state index in [0.717, 1.165) is 16.5 Å². The van der Waals surface area contributed by atoms with Crippen LogP contribution in [0.15, 0.2) is 30.5 Å². The number of carbonyl (C=O) groups is 2. The predicted octanol–water partition coefficient (Wildman–Crippen LogP) is 1.99. The van der Waals surface area contributed by atoms with Crippen molar-refractivity contribution in [3.8, 4) is 0 Å². The summed E-state index contributed by atoms with van der Waals surface area (Å²) < 4.78 is 0. The molecule has 0 fully saturated rings. The number of carboxylic acids is 1. The number of hydrogen-bond donors (Lipinski definition) is 4. The van der Waals surface area contributed by atoms with E-state index in [1.165, 1.54) is 0 Å². The van der Waals surface area contributed by atoms with Gasteiger partial charge in [-0.1, -0.05) is 18.2 Å². The van der Waals surface area contributed by atoms with E-state index in [1.807, 2.05) is 24.3 Å². The third kappa shape index (κ3) is 4.01. The third-order valence-electron chi connectivity index (χ3n) is 3.29. The van der Waals surface area contributed by atoms with Gasteiger partial charge in [-0.3, -0.25) is 4.79 Å². The number of nitrogens with one attached hydrogen (secondary N) is 2. The lowest BCUT2D eigenvalue weighted by atomic mass is 10.0. The molecule has 0 bridgehead atoms. The monoisotopic (exact) mass is 306 g/mol. The van der Waals surface area contributed by atoms with Crippen LogP contribution in [-0.4, -0.2) is 33.8 Å². The second-order valence-electron chi connectivity index (χ2n) is 4.85. The van der Waals surface area contributed by atoms with Gasteiger partial charge >= 0.3 is 5.97 Å². The van der Waals surface area contributed by atoms with Gasteiger partial charge in [0.1, 0.15) is 6.04 Å². The molecular formula is C15H18N2O3S. The third-order valence-corrected chi connectivity index (χ3v) is 3.61. The van der Waals surface area contributed by atoms with Crippen molar-refractivity contribution in [2.45, 2.75) is 25.3 Å². The summed E-state index contributed by atoms with van der Waals surface area (Å²) in [5, 5.41) is 12.8. The maximum atomic E-state index is 11.7. The molecule has 0 saturated heterocycles. The van der Waals surface area contributed by atoms with Gasteiger partial charge in [0.25, 0.3) is 0 Å². The zero-order chi connectivity index (χ0) is 15.2. The van der Waals surface area contributed by atoms with Crippen molar-refractivity contribution in [1.29, 1.82) is 0 Å².